The van der Waals surface area contributed by atoms with Gasteiger partial charge >= 0.3 is 0 Å². The molecule has 0 aliphatic carbocycles. The summed E-state index contributed by atoms with van der Waals surface area (Å²) in [5.74, 6) is 0.702. The molecule has 0 radical (unpaired) electrons. The lowest BCUT2D eigenvalue weighted by Gasteiger charge is -2.49. The topological polar surface area (TPSA) is 15.3 Å². The molecule has 2 nitrogen and oxygen atoms in total. The zero-order valence-corrected chi connectivity index (χ0v) is 14.5. The molecular formula is C17H30N2S. The Labute approximate surface area is 128 Å². The summed E-state index contributed by atoms with van der Waals surface area (Å²) in [7, 11) is 0. The van der Waals surface area contributed by atoms with E-state index in [0.717, 1.165) is 13.1 Å². The highest BCUT2D eigenvalue weighted by molar-refractivity contribution is 7.08. The molecule has 1 fully saturated rings. The first-order chi connectivity index (χ1) is 9.51. The van der Waals surface area contributed by atoms with Crippen LogP contribution in [0.2, 0.25) is 0 Å². The van der Waals surface area contributed by atoms with Crippen LogP contribution in [0.5, 0.6) is 0 Å². The van der Waals surface area contributed by atoms with E-state index in [0.29, 0.717) is 17.5 Å². The molecule has 3 heteroatoms. The lowest BCUT2D eigenvalue weighted by Crippen LogP contribution is -2.64. The molecule has 0 bridgehead atoms. The first-order valence-electron chi connectivity index (χ1n) is 8.02. The lowest BCUT2D eigenvalue weighted by atomic mass is 9.86. The molecule has 1 N–H and O–H groups in total. The molecule has 0 spiro atoms. The molecule has 2 heterocycles. The summed E-state index contributed by atoms with van der Waals surface area (Å²) in [6, 6.07) is 0.653. The molecule has 1 unspecified atom stereocenters. The van der Waals surface area contributed by atoms with E-state index in [4.69, 9.17) is 0 Å². The number of thiophene rings is 1. The first kappa shape index (κ1) is 16.0. The normalized spacial score (nSPS) is 23.4. The van der Waals surface area contributed by atoms with Crippen LogP contribution in [0.15, 0.2) is 10.8 Å². The lowest BCUT2D eigenvalue weighted by molar-refractivity contribution is 0.0443. The van der Waals surface area contributed by atoms with E-state index in [9.17, 15) is 0 Å². The van der Waals surface area contributed by atoms with Crippen LogP contribution in [0.1, 0.15) is 51.7 Å². The van der Waals surface area contributed by atoms with Crippen molar-refractivity contribution < 1.29 is 0 Å². The number of hydrogen-bond acceptors (Lipinski definition) is 3. The van der Waals surface area contributed by atoms with Crippen LogP contribution in [-0.4, -0.2) is 29.6 Å². The predicted octanol–water partition coefficient (Wildman–Crippen LogP) is 4.05. The van der Waals surface area contributed by atoms with Crippen LogP contribution in [0.3, 0.4) is 0 Å². The fraction of sp³-hybridized carbons (Fsp3) is 0.765. The molecule has 114 valence electrons. The van der Waals surface area contributed by atoms with E-state index in [-0.39, 0.29) is 0 Å². The van der Waals surface area contributed by atoms with Crippen molar-refractivity contribution >= 4 is 11.3 Å². The van der Waals surface area contributed by atoms with Crippen LogP contribution in [-0.2, 0) is 6.54 Å². The van der Waals surface area contributed by atoms with E-state index < -0.39 is 0 Å². The standard InChI is InChI=1S/C17H30N2S/c1-6-17(7-2)12-19(16(8-18-17)13(3)4)9-15-11-20-10-14(15)5/h10-11,13,16,18H,6-9,12H2,1-5H3. The molecule has 1 aliphatic heterocycles. The van der Waals surface area contributed by atoms with Crippen LogP contribution in [0.4, 0.5) is 0 Å². The van der Waals surface area contributed by atoms with Crippen molar-refractivity contribution in [3.8, 4) is 0 Å². The van der Waals surface area contributed by atoms with Gasteiger partial charge in [-0.25, -0.2) is 0 Å². The average Bonchev–Trinajstić information content (AvgIpc) is 2.84. The van der Waals surface area contributed by atoms with Crippen molar-refractivity contribution in [1.82, 2.24) is 10.2 Å². The summed E-state index contributed by atoms with van der Waals surface area (Å²) >= 11 is 1.83. The Morgan fingerprint density at radius 3 is 2.55 bits per heavy atom. The summed E-state index contributed by atoms with van der Waals surface area (Å²) in [6.07, 6.45) is 2.43. The van der Waals surface area contributed by atoms with Gasteiger partial charge in [-0.3, -0.25) is 4.90 Å². The number of hydrogen-bond donors (Lipinski definition) is 1. The van der Waals surface area contributed by atoms with Gasteiger partial charge in [0, 0.05) is 31.2 Å². The fourth-order valence-electron chi connectivity index (χ4n) is 3.33. The summed E-state index contributed by atoms with van der Waals surface area (Å²) in [5, 5.41) is 8.45. The smallest absolute Gasteiger partial charge is 0.0304 e. The molecule has 0 aromatic carbocycles. The van der Waals surface area contributed by atoms with Crippen LogP contribution in [0, 0.1) is 12.8 Å². The summed E-state index contributed by atoms with van der Waals surface area (Å²) in [6.45, 7) is 15.0. The van der Waals surface area contributed by atoms with Crippen LogP contribution < -0.4 is 5.32 Å². The van der Waals surface area contributed by atoms with Gasteiger partial charge < -0.3 is 5.32 Å². The third-order valence-electron chi connectivity index (χ3n) is 5.12. The maximum Gasteiger partial charge on any atom is 0.0304 e. The molecule has 0 amide bonds. The maximum atomic E-state index is 3.85. The van der Waals surface area contributed by atoms with Gasteiger partial charge in [-0.15, -0.1) is 0 Å². The minimum Gasteiger partial charge on any atom is -0.308 e. The fourth-order valence-corrected chi connectivity index (χ4v) is 4.18. The molecule has 1 atom stereocenters. The Bertz CT molecular complexity index is 420. The second-order valence-corrected chi connectivity index (χ2v) is 7.41. The highest BCUT2D eigenvalue weighted by atomic mass is 32.1. The monoisotopic (exact) mass is 294 g/mol. The highest BCUT2D eigenvalue weighted by Gasteiger charge is 2.37. The highest BCUT2D eigenvalue weighted by Crippen LogP contribution is 2.28. The van der Waals surface area contributed by atoms with Gasteiger partial charge in [-0.05, 0) is 47.6 Å². The average molecular weight is 295 g/mol. The SMILES string of the molecule is CCC1(CC)CN(Cc2cscc2C)C(C(C)C)CN1. The van der Waals surface area contributed by atoms with E-state index >= 15 is 0 Å². The predicted molar refractivity (Wildman–Crippen MR) is 89.4 cm³/mol. The van der Waals surface area contributed by atoms with E-state index in [1.165, 1.54) is 30.5 Å². The molecule has 1 aromatic heterocycles. The van der Waals surface area contributed by atoms with Gasteiger partial charge in [-0.1, -0.05) is 27.7 Å². The van der Waals surface area contributed by atoms with Gasteiger partial charge in [-0.2, -0.15) is 11.3 Å². The molecule has 1 aliphatic rings. The molecule has 1 saturated heterocycles. The zero-order valence-electron chi connectivity index (χ0n) is 13.7. The third-order valence-corrected chi connectivity index (χ3v) is 6.03. The summed E-state index contributed by atoms with van der Waals surface area (Å²) in [4.78, 5) is 2.73. The third kappa shape index (κ3) is 3.26. The Kier molecular flexibility index (Phi) is 5.27. The van der Waals surface area contributed by atoms with Gasteiger partial charge in [0.25, 0.3) is 0 Å². The molecule has 1 aromatic rings. The molecule has 0 saturated carbocycles. The number of nitrogens with one attached hydrogen (secondary N) is 1. The largest absolute Gasteiger partial charge is 0.308 e. The summed E-state index contributed by atoms with van der Waals surface area (Å²) < 4.78 is 0. The number of rotatable bonds is 5. The van der Waals surface area contributed by atoms with Crippen LogP contribution in [0.25, 0.3) is 0 Å². The van der Waals surface area contributed by atoms with Gasteiger partial charge in [0.1, 0.15) is 0 Å². The first-order valence-corrected chi connectivity index (χ1v) is 8.96. The Balaban J connectivity index is 2.17. The number of nitrogens with zero attached hydrogens (tertiary/aromatic N) is 1. The minimum atomic E-state index is 0.315. The van der Waals surface area contributed by atoms with Gasteiger partial charge in [0.2, 0.25) is 0 Å². The Morgan fingerprint density at radius 2 is 2.05 bits per heavy atom. The Hall–Kier alpha value is -0.380. The Morgan fingerprint density at radius 1 is 1.35 bits per heavy atom. The van der Waals surface area contributed by atoms with Crippen molar-refractivity contribution in [2.24, 2.45) is 5.92 Å². The minimum absolute atomic E-state index is 0.315. The molecule has 20 heavy (non-hydrogen) atoms. The second kappa shape index (κ2) is 6.59. The van der Waals surface area contributed by atoms with E-state index in [1.54, 1.807) is 0 Å². The van der Waals surface area contributed by atoms with Crippen LogP contribution >= 0.6 is 11.3 Å². The second-order valence-electron chi connectivity index (χ2n) is 6.66. The molecule has 2 rings (SSSR count). The quantitative estimate of drug-likeness (QED) is 0.881. The van der Waals surface area contributed by atoms with Crippen molar-refractivity contribution in [3.63, 3.8) is 0 Å². The van der Waals surface area contributed by atoms with Gasteiger partial charge in [0.05, 0.1) is 0 Å². The van der Waals surface area contributed by atoms with E-state index in [1.807, 2.05) is 11.3 Å². The van der Waals surface area contributed by atoms with Crippen molar-refractivity contribution in [3.05, 3.63) is 21.9 Å². The van der Waals surface area contributed by atoms with Gasteiger partial charge in [0.15, 0.2) is 0 Å². The number of aryl methyl sites for hydroxylation is 1. The van der Waals surface area contributed by atoms with Crippen molar-refractivity contribution in [1.29, 1.82) is 0 Å². The maximum absolute atomic E-state index is 3.85. The molecular weight excluding hydrogens is 264 g/mol. The van der Waals surface area contributed by atoms with E-state index in [2.05, 4.69) is 55.6 Å². The van der Waals surface area contributed by atoms with Crippen molar-refractivity contribution in [2.45, 2.75) is 65.6 Å². The zero-order chi connectivity index (χ0) is 14.8. The summed E-state index contributed by atoms with van der Waals surface area (Å²) in [5.41, 5.74) is 3.29. The number of piperazine rings is 1. The van der Waals surface area contributed by atoms with Crippen molar-refractivity contribution in [2.75, 3.05) is 13.1 Å².